The Labute approximate surface area is 293 Å². The van der Waals surface area contributed by atoms with E-state index in [1.807, 2.05) is 121 Å². The summed E-state index contributed by atoms with van der Waals surface area (Å²) < 4.78 is 39.5. The lowest BCUT2D eigenvalue weighted by atomic mass is 9.97. The van der Waals surface area contributed by atoms with Gasteiger partial charge in [0.05, 0.1) is 45.2 Å². The average Bonchev–Trinajstić information content (AvgIpc) is 3.17. The summed E-state index contributed by atoms with van der Waals surface area (Å²) in [6.45, 7) is 1.44. The minimum absolute atomic E-state index is 0.0170. The maximum Gasteiger partial charge on any atom is 0.336 e. The molecule has 6 rings (SSSR count). The van der Waals surface area contributed by atoms with Crippen molar-refractivity contribution in [2.45, 2.75) is 63.7 Å². The molecule has 0 aliphatic carbocycles. The fourth-order valence-electron chi connectivity index (χ4n) is 5.91. The molecular weight excluding hydrogens is 632 g/mol. The van der Waals surface area contributed by atoms with Gasteiger partial charge in [0, 0.05) is 0 Å². The molecule has 1 N–H and O–H groups in total. The van der Waals surface area contributed by atoms with Crippen LogP contribution in [0.2, 0.25) is 0 Å². The Morgan fingerprint density at radius 3 is 1.46 bits per heavy atom. The molecule has 5 atom stereocenters. The molecule has 0 amide bonds. The van der Waals surface area contributed by atoms with Crippen molar-refractivity contribution in [1.82, 2.24) is 0 Å². The first-order valence-corrected chi connectivity index (χ1v) is 16.8. The molecule has 0 aromatic heterocycles. The molecule has 0 bridgehead atoms. The molecule has 5 aromatic carbocycles. The highest BCUT2D eigenvalue weighted by molar-refractivity contribution is 5.89. The SMILES string of the molecule is O=C(O)c1ccccc1CO[C@@H]1O[C@H](COCc2ccccc2)[C@@H](OCc2ccccc2)[C@H](OCc2ccccc2)[C@H]1OCc1ccccc1. The Morgan fingerprint density at radius 2 is 0.940 bits per heavy atom. The van der Waals surface area contributed by atoms with E-state index in [4.69, 9.17) is 28.4 Å². The van der Waals surface area contributed by atoms with Crippen molar-refractivity contribution < 1.29 is 38.3 Å². The largest absolute Gasteiger partial charge is 0.478 e. The van der Waals surface area contributed by atoms with Gasteiger partial charge in [0.1, 0.15) is 24.4 Å². The Hall–Kier alpha value is -4.67. The van der Waals surface area contributed by atoms with Gasteiger partial charge < -0.3 is 33.5 Å². The molecule has 1 aliphatic heterocycles. The smallest absolute Gasteiger partial charge is 0.336 e. The monoisotopic (exact) mass is 674 g/mol. The van der Waals surface area contributed by atoms with Gasteiger partial charge in [0.15, 0.2) is 6.29 Å². The summed E-state index contributed by atoms with van der Waals surface area (Å²) in [5.41, 5.74) is 4.68. The standard InChI is InChI=1S/C42H42O8/c43-41(44)36-24-14-13-23-35(36)29-49-42-40(48-28-34-21-11-4-12-22-34)39(47-27-33-19-9-3-10-20-33)38(46-26-32-17-7-2-8-18-32)37(50-42)30-45-25-31-15-5-1-6-16-31/h1-24,37-40,42H,25-30H2,(H,43,44)/t37-,38-,39+,40-,42-/m1/s1. The van der Waals surface area contributed by atoms with Crippen molar-refractivity contribution in [3.8, 4) is 0 Å². The molecule has 1 saturated heterocycles. The zero-order chi connectivity index (χ0) is 34.4. The molecular formula is C42H42O8. The lowest BCUT2D eigenvalue weighted by Crippen LogP contribution is -2.61. The molecule has 5 aromatic rings. The van der Waals surface area contributed by atoms with Gasteiger partial charge in [-0.15, -0.1) is 0 Å². The summed E-state index contributed by atoms with van der Waals surface area (Å²) in [5, 5.41) is 9.84. The molecule has 258 valence electrons. The van der Waals surface area contributed by atoms with E-state index < -0.39 is 36.7 Å². The second-order valence-electron chi connectivity index (χ2n) is 12.1. The molecule has 0 spiro atoms. The minimum atomic E-state index is -1.03. The Balaban J connectivity index is 1.32. The van der Waals surface area contributed by atoms with E-state index in [-0.39, 0.29) is 25.4 Å². The van der Waals surface area contributed by atoms with Gasteiger partial charge in [-0.2, -0.15) is 0 Å². The zero-order valence-electron chi connectivity index (χ0n) is 27.8. The quantitative estimate of drug-likeness (QED) is 0.108. The van der Waals surface area contributed by atoms with Gasteiger partial charge in [0.2, 0.25) is 0 Å². The Morgan fingerprint density at radius 1 is 0.500 bits per heavy atom. The van der Waals surface area contributed by atoms with E-state index in [1.165, 1.54) is 0 Å². The molecule has 1 aliphatic rings. The van der Waals surface area contributed by atoms with Crippen LogP contribution in [-0.2, 0) is 61.5 Å². The van der Waals surface area contributed by atoms with Crippen LogP contribution in [-0.4, -0.2) is 48.4 Å². The van der Waals surface area contributed by atoms with E-state index in [0.29, 0.717) is 25.4 Å². The number of hydrogen-bond donors (Lipinski definition) is 1. The minimum Gasteiger partial charge on any atom is -0.478 e. The summed E-state index contributed by atoms with van der Waals surface area (Å²) in [4.78, 5) is 12.0. The van der Waals surface area contributed by atoms with Gasteiger partial charge in [-0.1, -0.05) is 140 Å². The van der Waals surface area contributed by atoms with Gasteiger partial charge in [0.25, 0.3) is 0 Å². The third kappa shape index (κ3) is 9.95. The van der Waals surface area contributed by atoms with Crippen molar-refractivity contribution in [2.75, 3.05) is 6.61 Å². The van der Waals surface area contributed by atoms with Crippen LogP contribution < -0.4 is 0 Å². The summed E-state index contributed by atoms with van der Waals surface area (Å²) in [5.74, 6) is -1.03. The van der Waals surface area contributed by atoms with Crippen molar-refractivity contribution in [2.24, 2.45) is 0 Å². The highest BCUT2D eigenvalue weighted by Gasteiger charge is 2.49. The third-order valence-electron chi connectivity index (χ3n) is 8.49. The molecule has 1 heterocycles. The Kier molecular flexibility index (Phi) is 12.9. The van der Waals surface area contributed by atoms with Crippen LogP contribution in [0.15, 0.2) is 146 Å². The van der Waals surface area contributed by atoms with Crippen LogP contribution in [0.25, 0.3) is 0 Å². The summed E-state index contributed by atoms with van der Waals surface area (Å²) in [6.07, 6.45) is -3.56. The van der Waals surface area contributed by atoms with Crippen LogP contribution in [0, 0.1) is 0 Å². The number of rotatable bonds is 17. The van der Waals surface area contributed by atoms with Crippen molar-refractivity contribution in [1.29, 1.82) is 0 Å². The van der Waals surface area contributed by atoms with Crippen LogP contribution in [0.4, 0.5) is 0 Å². The predicted molar refractivity (Wildman–Crippen MR) is 188 cm³/mol. The van der Waals surface area contributed by atoms with Crippen LogP contribution in [0.1, 0.15) is 38.2 Å². The molecule has 0 radical (unpaired) electrons. The number of benzene rings is 5. The molecule has 0 unspecified atom stereocenters. The van der Waals surface area contributed by atoms with Crippen LogP contribution in [0.5, 0.6) is 0 Å². The molecule has 1 fully saturated rings. The van der Waals surface area contributed by atoms with Crippen LogP contribution in [0.3, 0.4) is 0 Å². The number of ether oxygens (including phenoxy) is 6. The fourth-order valence-corrected chi connectivity index (χ4v) is 5.91. The van der Waals surface area contributed by atoms with E-state index in [1.54, 1.807) is 24.3 Å². The summed E-state index contributed by atoms with van der Waals surface area (Å²) in [6, 6.07) is 46.5. The molecule has 50 heavy (non-hydrogen) atoms. The van der Waals surface area contributed by atoms with Gasteiger partial charge in [-0.05, 0) is 33.9 Å². The van der Waals surface area contributed by atoms with Crippen molar-refractivity contribution >= 4 is 5.97 Å². The number of hydrogen-bond acceptors (Lipinski definition) is 7. The first-order chi connectivity index (χ1) is 24.6. The maximum atomic E-state index is 12.0. The highest BCUT2D eigenvalue weighted by Crippen LogP contribution is 2.32. The van der Waals surface area contributed by atoms with Gasteiger partial charge >= 0.3 is 5.97 Å². The fraction of sp³-hybridized carbons (Fsp3) is 0.262. The second kappa shape index (κ2) is 18.4. The second-order valence-corrected chi connectivity index (χ2v) is 12.1. The third-order valence-corrected chi connectivity index (χ3v) is 8.49. The molecule has 8 nitrogen and oxygen atoms in total. The first kappa shape index (κ1) is 35.2. The van der Waals surface area contributed by atoms with E-state index in [2.05, 4.69) is 0 Å². The highest BCUT2D eigenvalue weighted by atomic mass is 16.7. The van der Waals surface area contributed by atoms with Crippen molar-refractivity contribution in [3.63, 3.8) is 0 Å². The predicted octanol–water partition coefficient (Wildman–Crippen LogP) is 7.60. The number of carboxylic acids is 1. The van der Waals surface area contributed by atoms with E-state index >= 15 is 0 Å². The first-order valence-electron chi connectivity index (χ1n) is 16.8. The van der Waals surface area contributed by atoms with Gasteiger partial charge in [-0.25, -0.2) is 4.79 Å². The number of aromatic carboxylic acids is 1. The van der Waals surface area contributed by atoms with Crippen LogP contribution >= 0.6 is 0 Å². The lowest BCUT2D eigenvalue weighted by Gasteiger charge is -2.46. The summed E-state index contributed by atoms with van der Waals surface area (Å²) >= 11 is 0. The van der Waals surface area contributed by atoms with Gasteiger partial charge in [-0.3, -0.25) is 0 Å². The number of carboxylic acid groups (broad SMARTS) is 1. The normalized spacial score (nSPS) is 20.4. The maximum absolute atomic E-state index is 12.0. The summed E-state index contributed by atoms with van der Waals surface area (Å²) in [7, 11) is 0. The lowest BCUT2D eigenvalue weighted by molar-refractivity contribution is -0.330. The number of carbonyl (C=O) groups is 1. The topological polar surface area (TPSA) is 92.7 Å². The van der Waals surface area contributed by atoms with E-state index in [0.717, 1.165) is 22.3 Å². The molecule has 8 heteroatoms. The average molecular weight is 675 g/mol. The zero-order valence-corrected chi connectivity index (χ0v) is 27.8. The Bertz CT molecular complexity index is 1720. The van der Waals surface area contributed by atoms with E-state index in [9.17, 15) is 9.90 Å². The molecule has 0 saturated carbocycles. The van der Waals surface area contributed by atoms with Crippen molar-refractivity contribution in [3.05, 3.63) is 179 Å².